The highest BCUT2D eigenvalue weighted by Gasteiger charge is 2.11. The molecule has 1 N–H and O–H groups in total. The summed E-state index contributed by atoms with van der Waals surface area (Å²) in [4.78, 5) is 0. The van der Waals surface area contributed by atoms with Gasteiger partial charge in [-0.05, 0) is 6.07 Å². The third-order valence-electron chi connectivity index (χ3n) is 2.73. The lowest BCUT2D eigenvalue weighted by atomic mass is 10.2. The highest BCUT2D eigenvalue weighted by atomic mass is 19.2. The lowest BCUT2D eigenvalue weighted by Crippen LogP contribution is -2.04. The monoisotopic (exact) mass is 285 g/mol. The van der Waals surface area contributed by atoms with Crippen molar-refractivity contribution in [3.05, 3.63) is 59.2 Å². The van der Waals surface area contributed by atoms with Crippen LogP contribution >= 0.6 is 0 Å². The Morgan fingerprint density at radius 2 is 1.60 bits per heavy atom. The maximum atomic E-state index is 13.6. The molecule has 0 amide bonds. The first-order chi connectivity index (χ1) is 9.51. The Morgan fingerprint density at radius 3 is 2.15 bits per heavy atom. The van der Waals surface area contributed by atoms with Gasteiger partial charge in [0.25, 0.3) is 0 Å². The molecule has 6 heteroatoms. The third kappa shape index (κ3) is 3.01. The van der Waals surface area contributed by atoms with Crippen LogP contribution in [-0.2, 0) is 6.54 Å². The number of halogens is 4. The van der Waals surface area contributed by atoms with Crippen molar-refractivity contribution in [2.75, 3.05) is 12.4 Å². The molecule has 0 unspecified atom stereocenters. The van der Waals surface area contributed by atoms with Gasteiger partial charge in [0, 0.05) is 36.0 Å². The smallest absolute Gasteiger partial charge is 0.194 e. The molecule has 0 fully saturated rings. The quantitative estimate of drug-likeness (QED) is 0.680. The number of hydrogen-bond acceptors (Lipinski definition) is 2. The van der Waals surface area contributed by atoms with Crippen molar-refractivity contribution in [3.63, 3.8) is 0 Å². The van der Waals surface area contributed by atoms with E-state index >= 15 is 0 Å². The van der Waals surface area contributed by atoms with Crippen molar-refractivity contribution in [2.45, 2.75) is 6.54 Å². The summed E-state index contributed by atoms with van der Waals surface area (Å²) in [5, 5.41) is 2.62. The van der Waals surface area contributed by atoms with Crippen LogP contribution in [0.2, 0.25) is 0 Å². The summed E-state index contributed by atoms with van der Waals surface area (Å²) in [5.41, 5.74) is 0.313. The lowest BCUT2D eigenvalue weighted by molar-refractivity contribution is 0.411. The molecule has 0 saturated carbocycles. The molecule has 2 rings (SSSR count). The fourth-order valence-corrected chi connectivity index (χ4v) is 1.65. The van der Waals surface area contributed by atoms with Crippen molar-refractivity contribution in [1.82, 2.24) is 0 Å². The van der Waals surface area contributed by atoms with Crippen LogP contribution in [0.5, 0.6) is 5.75 Å². The van der Waals surface area contributed by atoms with Crippen LogP contribution in [-0.4, -0.2) is 7.11 Å². The van der Waals surface area contributed by atoms with Gasteiger partial charge in [-0.3, -0.25) is 0 Å². The maximum absolute atomic E-state index is 13.6. The highest BCUT2D eigenvalue weighted by Crippen LogP contribution is 2.20. The van der Waals surface area contributed by atoms with Gasteiger partial charge in [-0.25, -0.2) is 17.6 Å². The molecule has 0 spiro atoms. The van der Waals surface area contributed by atoms with Crippen molar-refractivity contribution in [3.8, 4) is 5.75 Å². The van der Waals surface area contributed by atoms with Crippen molar-refractivity contribution in [1.29, 1.82) is 0 Å². The number of hydrogen-bond donors (Lipinski definition) is 1. The molecule has 0 radical (unpaired) electrons. The molecule has 0 saturated heterocycles. The van der Waals surface area contributed by atoms with Gasteiger partial charge in [0.2, 0.25) is 0 Å². The van der Waals surface area contributed by atoms with Gasteiger partial charge in [0.15, 0.2) is 17.5 Å². The molecular weight excluding hydrogens is 274 g/mol. The van der Waals surface area contributed by atoms with Crippen LogP contribution in [0, 0.1) is 23.3 Å². The molecule has 0 aliphatic heterocycles. The summed E-state index contributed by atoms with van der Waals surface area (Å²) >= 11 is 0. The van der Waals surface area contributed by atoms with E-state index in [-0.39, 0.29) is 17.8 Å². The number of methoxy groups -OCH3 is 1. The average molecular weight is 285 g/mol. The summed E-state index contributed by atoms with van der Waals surface area (Å²) in [6, 6.07) is 5.85. The van der Waals surface area contributed by atoms with Crippen LogP contribution in [0.4, 0.5) is 23.2 Å². The molecule has 0 heterocycles. The van der Waals surface area contributed by atoms with Crippen LogP contribution in [0.15, 0.2) is 30.3 Å². The summed E-state index contributed by atoms with van der Waals surface area (Å²) < 4.78 is 57.3. The second-order valence-corrected chi connectivity index (χ2v) is 4.06. The number of nitrogens with one attached hydrogen (secondary N) is 1. The number of rotatable bonds is 4. The summed E-state index contributed by atoms with van der Waals surface area (Å²) in [5.74, 6) is -4.29. The molecular formula is C14H11F4NO. The van der Waals surface area contributed by atoms with E-state index in [0.29, 0.717) is 5.75 Å². The minimum atomic E-state index is -1.54. The zero-order valence-electron chi connectivity index (χ0n) is 10.5. The number of anilines is 1. The Balaban J connectivity index is 2.13. The summed E-state index contributed by atoms with van der Waals surface area (Å²) in [6.45, 7) is 0.000337. The predicted molar refractivity (Wildman–Crippen MR) is 66.6 cm³/mol. The van der Waals surface area contributed by atoms with Crippen molar-refractivity contribution >= 4 is 5.69 Å². The Morgan fingerprint density at radius 1 is 0.950 bits per heavy atom. The minimum Gasteiger partial charge on any atom is -0.497 e. The van der Waals surface area contributed by atoms with E-state index < -0.39 is 23.3 Å². The molecule has 0 aliphatic rings. The van der Waals surface area contributed by atoms with Gasteiger partial charge in [0.05, 0.1) is 7.11 Å². The minimum absolute atomic E-state index is 0.000337. The Bertz CT molecular complexity index is 608. The SMILES string of the molecule is COc1ccc(CNc2cc(F)c(F)c(F)c2)c(F)c1. The predicted octanol–water partition coefficient (Wildman–Crippen LogP) is 3.86. The van der Waals surface area contributed by atoms with E-state index in [1.807, 2.05) is 0 Å². The second-order valence-electron chi connectivity index (χ2n) is 4.06. The van der Waals surface area contributed by atoms with Gasteiger partial charge in [-0.1, -0.05) is 6.07 Å². The number of ether oxygens (including phenoxy) is 1. The molecule has 2 nitrogen and oxygen atoms in total. The van der Waals surface area contributed by atoms with Crippen LogP contribution in [0.3, 0.4) is 0 Å². The molecule has 0 bridgehead atoms. The third-order valence-corrected chi connectivity index (χ3v) is 2.73. The van der Waals surface area contributed by atoms with E-state index in [0.717, 1.165) is 12.1 Å². The first-order valence-electron chi connectivity index (χ1n) is 5.72. The molecule has 2 aromatic carbocycles. The van der Waals surface area contributed by atoms with Gasteiger partial charge in [-0.2, -0.15) is 0 Å². The van der Waals surface area contributed by atoms with E-state index in [1.54, 1.807) is 6.07 Å². The first kappa shape index (κ1) is 14.2. The van der Waals surface area contributed by atoms with E-state index in [9.17, 15) is 17.6 Å². The summed E-state index contributed by atoms with van der Waals surface area (Å²) in [6.07, 6.45) is 0. The van der Waals surface area contributed by atoms with Gasteiger partial charge in [0.1, 0.15) is 11.6 Å². The standard InChI is InChI=1S/C14H11F4NO/c1-20-10-3-2-8(11(15)6-10)7-19-9-4-12(16)14(18)13(17)5-9/h2-6,19H,7H2,1H3. The molecule has 0 atom stereocenters. The fraction of sp³-hybridized carbons (Fsp3) is 0.143. The average Bonchev–Trinajstić information content (AvgIpc) is 2.43. The Hall–Kier alpha value is -2.24. The summed E-state index contributed by atoms with van der Waals surface area (Å²) in [7, 11) is 1.41. The molecule has 0 aliphatic carbocycles. The van der Waals surface area contributed by atoms with Crippen LogP contribution in [0.25, 0.3) is 0 Å². The van der Waals surface area contributed by atoms with Crippen molar-refractivity contribution in [2.24, 2.45) is 0 Å². The maximum Gasteiger partial charge on any atom is 0.194 e. The molecule has 20 heavy (non-hydrogen) atoms. The molecule has 2 aromatic rings. The number of benzene rings is 2. The Labute approximate surface area is 113 Å². The van der Waals surface area contributed by atoms with E-state index in [1.165, 1.54) is 19.2 Å². The van der Waals surface area contributed by atoms with Crippen LogP contribution < -0.4 is 10.1 Å². The topological polar surface area (TPSA) is 21.3 Å². The normalized spacial score (nSPS) is 10.4. The second kappa shape index (κ2) is 5.81. The van der Waals surface area contributed by atoms with Gasteiger partial charge < -0.3 is 10.1 Å². The zero-order chi connectivity index (χ0) is 14.7. The first-order valence-corrected chi connectivity index (χ1v) is 5.72. The van der Waals surface area contributed by atoms with Crippen molar-refractivity contribution < 1.29 is 22.3 Å². The fourth-order valence-electron chi connectivity index (χ4n) is 1.65. The van der Waals surface area contributed by atoms with Gasteiger partial charge in [-0.15, -0.1) is 0 Å². The largest absolute Gasteiger partial charge is 0.497 e. The Kier molecular flexibility index (Phi) is 4.12. The lowest BCUT2D eigenvalue weighted by Gasteiger charge is -2.09. The van der Waals surface area contributed by atoms with E-state index in [4.69, 9.17) is 4.74 Å². The molecule has 0 aromatic heterocycles. The molecule has 106 valence electrons. The van der Waals surface area contributed by atoms with Crippen LogP contribution in [0.1, 0.15) is 5.56 Å². The highest BCUT2D eigenvalue weighted by molar-refractivity contribution is 5.45. The van der Waals surface area contributed by atoms with E-state index in [2.05, 4.69) is 5.32 Å². The zero-order valence-corrected chi connectivity index (χ0v) is 10.5. The van der Waals surface area contributed by atoms with Gasteiger partial charge >= 0.3 is 0 Å².